The molecule has 16 heavy (non-hydrogen) atoms. The highest BCUT2D eigenvalue weighted by Crippen LogP contribution is 2.31. The lowest BCUT2D eigenvalue weighted by Gasteiger charge is -2.12. The van der Waals surface area contributed by atoms with E-state index in [-0.39, 0.29) is 31.1 Å². The normalized spacial score (nSPS) is 12.4. The number of hydrogen-bond donors (Lipinski definition) is 1. The molecule has 0 bridgehead atoms. The summed E-state index contributed by atoms with van der Waals surface area (Å²) in [6.07, 6.45) is -4.34. The molecule has 1 aromatic rings. The molecule has 0 atom stereocenters. The zero-order valence-electron chi connectivity index (χ0n) is 9.25. The van der Waals surface area contributed by atoms with Gasteiger partial charge in [-0.3, -0.25) is 0 Å². The van der Waals surface area contributed by atoms with Crippen LogP contribution in [0.3, 0.4) is 0 Å². The third kappa shape index (κ3) is 2.94. The highest BCUT2D eigenvalue weighted by atomic mass is 19.4. The van der Waals surface area contributed by atoms with Gasteiger partial charge in [-0.2, -0.15) is 13.2 Å². The lowest BCUT2D eigenvalue weighted by molar-refractivity contribution is -0.145. The zero-order valence-corrected chi connectivity index (χ0v) is 9.25. The Morgan fingerprint density at radius 2 is 2.00 bits per heavy atom. The predicted molar refractivity (Wildman–Crippen MR) is 52.6 cm³/mol. The Hall–Kier alpha value is -1.11. The molecule has 0 aromatic carbocycles. The Kier molecular flexibility index (Phi) is 3.90. The summed E-state index contributed by atoms with van der Waals surface area (Å²) in [5, 5.41) is 7.07. The molecule has 1 heterocycles. The molecule has 0 fully saturated rings. The molecule has 0 saturated carbocycles. The Balaban J connectivity index is 3.09. The third-order valence-electron chi connectivity index (χ3n) is 1.99. The molecule has 0 aliphatic heterocycles. The lowest BCUT2D eigenvalue weighted by atomic mass is 10.2. The van der Waals surface area contributed by atoms with Crippen LogP contribution in [0, 0.1) is 5.92 Å². The molecule has 0 amide bonds. The average molecular weight is 236 g/mol. The minimum absolute atomic E-state index is 0.0735. The van der Waals surface area contributed by atoms with Gasteiger partial charge in [0.1, 0.15) is 0 Å². The average Bonchev–Trinajstić information content (AvgIpc) is 2.46. The first-order chi connectivity index (χ1) is 7.36. The van der Waals surface area contributed by atoms with Crippen molar-refractivity contribution in [1.82, 2.24) is 15.0 Å². The SMILES string of the molecule is CC(C)Cn1nnc(CCN)c1C(F)(F)F. The van der Waals surface area contributed by atoms with Crippen molar-refractivity contribution >= 4 is 0 Å². The summed E-state index contributed by atoms with van der Waals surface area (Å²) in [4.78, 5) is 0. The quantitative estimate of drug-likeness (QED) is 0.860. The summed E-state index contributed by atoms with van der Waals surface area (Å²) < 4.78 is 39.2. The maximum absolute atomic E-state index is 12.8. The van der Waals surface area contributed by atoms with Crippen LogP contribution in [0.1, 0.15) is 25.2 Å². The molecule has 7 heteroatoms. The molecule has 1 rings (SSSR count). The van der Waals surface area contributed by atoms with Gasteiger partial charge in [0.05, 0.1) is 5.69 Å². The number of rotatable bonds is 4. The molecular formula is C9H15F3N4. The first kappa shape index (κ1) is 13.0. The molecule has 92 valence electrons. The van der Waals surface area contributed by atoms with Crippen molar-refractivity contribution in [3.63, 3.8) is 0 Å². The Labute approximate surface area is 91.6 Å². The molecule has 0 spiro atoms. The minimum Gasteiger partial charge on any atom is -0.330 e. The van der Waals surface area contributed by atoms with Crippen LogP contribution in [0.4, 0.5) is 13.2 Å². The largest absolute Gasteiger partial charge is 0.434 e. The maximum atomic E-state index is 12.8. The van der Waals surface area contributed by atoms with E-state index < -0.39 is 11.9 Å². The Morgan fingerprint density at radius 3 is 2.44 bits per heavy atom. The van der Waals surface area contributed by atoms with Gasteiger partial charge in [0.25, 0.3) is 0 Å². The van der Waals surface area contributed by atoms with Crippen molar-refractivity contribution in [2.75, 3.05) is 6.54 Å². The van der Waals surface area contributed by atoms with Crippen LogP contribution in [0.25, 0.3) is 0 Å². The summed E-state index contributed by atoms with van der Waals surface area (Å²) in [7, 11) is 0. The van der Waals surface area contributed by atoms with E-state index in [1.165, 1.54) is 0 Å². The van der Waals surface area contributed by atoms with E-state index in [0.29, 0.717) is 0 Å². The van der Waals surface area contributed by atoms with Crippen molar-refractivity contribution in [3.8, 4) is 0 Å². The lowest BCUT2D eigenvalue weighted by Crippen LogP contribution is -2.19. The monoisotopic (exact) mass is 236 g/mol. The second-order valence-corrected chi connectivity index (χ2v) is 4.00. The number of nitrogens with zero attached hydrogens (tertiary/aromatic N) is 3. The van der Waals surface area contributed by atoms with E-state index in [2.05, 4.69) is 10.3 Å². The smallest absolute Gasteiger partial charge is 0.330 e. The summed E-state index contributed by atoms with van der Waals surface area (Å²) in [6, 6.07) is 0. The second kappa shape index (κ2) is 4.82. The third-order valence-corrected chi connectivity index (χ3v) is 1.99. The van der Waals surface area contributed by atoms with Gasteiger partial charge in [0, 0.05) is 13.0 Å². The van der Waals surface area contributed by atoms with Crippen LogP contribution >= 0.6 is 0 Å². The molecule has 0 aliphatic rings. The van der Waals surface area contributed by atoms with Crippen LogP contribution < -0.4 is 5.73 Å². The van der Waals surface area contributed by atoms with Crippen molar-refractivity contribution < 1.29 is 13.2 Å². The topological polar surface area (TPSA) is 56.7 Å². The fraction of sp³-hybridized carbons (Fsp3) is 0.778. The number of nitrogens with two attached hydrogens (primary N) is 1. The summed E-state index contributed by atoms with van der Waals surface area (Å²) >= 11 is 0. The minimum atomic E-state index is -4.43. The van der Waals surface area contributed by atoms with E-state index in [0.717, 1.165) is 4.68 Å². The van der Waals surface area contributed by atoms with Gasteiger partial charge in [-0.05, 0) is 12.5 Å². The van der Waals surface area contributed by atoms with Gasteiger partial charge in [-0.1, -0.05) is 19.1 Å². The van der Waals surface area contributed by atoms with Gasteiger partial charge < -0.3 is 5.73 Å². The summed E-state index contributed by atoms with van der Waals surface area (Å²) in [5.41, 5.74) is 4.39. The molecule has 4 nitrogen and oxygen atoms in total. The second-order valence-electron chi connectivity index (χ2n) is 4.00. The van der Waals surface area contributed by atoms with Crippen LogP contribution in [0.2, 0.25) is 0 Å². The number of hydrogen-bond acceptors (Lipinski definition) is 3. The van der Waals surface area contributed by atoms with Crippen molar-refractivity contribution in [3.05, 3.63) is 11.4 Å². The molecule has 0 radical (unpaired) electrons. The molecular weight excluding hydrogens is 221 g/mol. The van der Waals surface area contributed by atoms with Crippen molar-refractivity contribution in [2.45, 2.75) is 33.0 Å². The Bertz CT molecular complexity index is 343. The van der Waals surface area contributed by atoms with Crippen LogP contribution in [-0.2, 0) is 19.1 Å². The van der Waals surface area contributed by atoms with E-state index in [4.69, 9.17) is 5.73 Å². The maximum Gasteiger partial charge on any atom is 0.434 e. The van der Waals surface area contributed by atoms with Gasteiger partial charge in [0.15, 0.2) is 5.69 Å². The van der Waals surface area contributed by atoms with E-state index in [9.17, 15) is 13.2 Å². The van der Waals surface area contributed by atoms with Crippen molar-refractivity contribution in [1.29, 1.82) is 0 Å². The zero-order chi connectivity index (χ0) is 12.3. The number of aromatic nitrogens is 3. The highest BCUT2D eigenvalue weighted by Gasteiger charge is 2.38. The van der Waals surface area contributed by atoms with Gasteiger partial charge in [-0.15, -0.1) is 5.10 Å². The standard InChI is InChI=1S/C9H15F3N4/c1-6(2)5-16-8(9(10,11)12)7(3-4-13)14-15-16/h6H,3-5,13H2,1-2H3. The molecule has 0 unspecified atom stereocenters. The van der Waals surface area contributed by atoms with Crippen molar-refractivity contribution in [2.24, 2.45) is 11.7 Å². The van der Waals surface area contributed by atoms with Crippen LogP contribution in [-0.4, -0.2) is 21.5 Å². The molecule has 0 aliphatic carbocycles. The first-order valence-electron chi connectivity index (χ1n) is 5.06. The first-order valence-corrected chi connectivity index (χ1v) is 5.06. The number of alkyl halides is 3. The molecule has 2 N–H and O–H groups in total. The van der Waals surface area contributed by atoms with Gasteiger partial charge >= 0.3 is 6.18 Å². The Morgan fingerprint density at radius 1 is 1.38 bits per heavy atom. The summed E-state index contributed by atoms with van der Waals surface area (Å²) in [6.45, 7) is 3.98. The van der Waals surface area contributed by atoms with E-state index in [1.54, 1.807) is 0 Å². The summed E-state index contributed by atoms with van der Waals surface area (Å²) in [5.74, 6) is 0.0773. The fourth-order valence-corrected chi connectivity index (χ4v) is 1.44. The van der Waals surface area contributed by atoms with Gasteiger partial charge in [0.2, 0.25) is 0 Å². The molecule has 0 saturated heterocycles. The van der Waals surface area contributed by atoms with Crippen LogP contribution in [0.5, 0.6) is 0 Å². The fourth-order valence-electron chi connectivity index (χ4n) is 1.44. The predicted octanol–water partition coefficient (Wildman–Crippen LogP) is 1.45. The van der Waals surface area contributed by atoms with E-state index in [1.807, 2.05) is 13.8 Å². The molecule has 1 aromatic heterocycles. The van der Waals surface area contributed by atoms with Gasteiger partial charge in [-0.25, -0.2) is 4.68 Å². The van der Waals surface area contributed by atoms with E-state index >= 15 is 0 Å². The highest BCUT2D eigenvalue weighted by molar-refractivity contribution is 5.14. The number of halogens is 3. The van der Waals surface area contributed by atoms with Crippen LogP contribution in [0.15, 0.2) is 0 Å².